The first-order chi connectivity index (χ1) is 11.2. The third-order valence-corrected chi connectivity index (χ3v) is 3.25. The van der Waals surface area contributed by atoms with Gasteiger partial charge in [0.25, 0.3) is 0 Å². The number of terminal acetylenes is 1. The van der Waals surface area contributed by atoms with Crippen LogP contribution in [0.25, 0.3) is 0 Å². The molecular weight excluding hydrogens is 308 g/mol. The molecule has 5 nitrogen and oxygen atoms in total. The topological polar surface area (TPSA) is 72.8 Å². The average molecular weight is 332 g/mol. The van der Waals surface area contributed by atoms with Crippen LogP contribution in [-0.2, 0) is 9.53 Å². The van der Waals surface area contributed by atoms with Gasteiger partial charge in [0.2, 0.25) is 0 Å². The molecular formula is C19H24O5. The molecule has 0 aromatic heterocycles. The van der Waals surface area contributed by atoms with Crippen molar-refractivity contribution < 1.29 is 24.2 Å². The lowest BCUT2D eigenvalue weighted by Crippen LogP contribution is -2.23. The van der Waals surface area contributed by atoms with Crippen molar-refractivity contribution in [3.8, 4) is 18.1 Å². The number of unbranched alkanes of at least 4 members (excludes halogenated alkanes) is 1. The second-order valence-corrected chi connectivity index (χ2v) is 6.45. The van der Waals surface area contributed by atoms with E-state index in [0.29, 0.717) is 42.7 Å². The number of rotatable bonds is 7. The zero-order valence-electron chi connectivity index (χ0n) is 14.6. The molecule has 0 bridgehead atoms. The van der Waals surface area contributed by atoms with E-state index >= 15 is 0 Å². The van der Waals surface area contributed by atoms with E-state index < -0.39 is 11.6 Å². The number of carboxylic acid groups (broad SMARTS) is 1. The number of aromatic carboxylic acids is 1. The fourth-order valence-corrected chi connectivity index (χ4v) is 2.16. The van der Waals surface area contributed by atoms with E-state index in [2.05, 4.69) is 5.92 Å². The monoisotopic (exact) mass is 332 g/mol. The molecule has 0 saturated carbocycles. The Hall–Kier alpha value is -2.48. The zero-order valence-corrected chi connectivity index (χ0v) is 14.6. The highest BCUT2D eigenvalue weighted by Gasteiger charge is 2.16. The molecule has 0 aliphatic heterocycles. The number of hydrogen-bond donors (Lipinski definition) is 1. The molecule has 0 aliphatic carbocycles. The molecule has 1 rings (SSSR count). The summed E-state index contributed by atoms with van der Waals surface area (Å²) in [6.07, 6.45) is 7.11. The van der Waals surface area contributed by atoms with Crippen molar-refractivity contribution in [3.63, 3.8) is 0 Å². The number of ether oxygens (including phenoxy) is 2. The normalized spacial score (nSPS) is 10.8. The maximum absolute atomic E-state index is 11.6. The summed E-state index contributed by atoms with van der Waals surface area (Å²) in [5.41, 5.74) is 0.650. The Morgan fingerprint density at radius 2 is 1.92 bits per heavy atom. The lowest BCUT2D eigenvalue weighted by Gasteiger charge is -2.19. The van der Waals surface area contributed by atoms with Gasteiger partial charge >= 0.3 is 11.9 Å². The minimum atomic E-state index is -1.02. The Morgan fingerprint density at radius 3 is 2.46 bits per heavy atom. The Morgan fingerprint density at radius 1 is 1.25 bits per heavy atom. The molecule has 1 aromatic rings. The van der Waals surface area contributed by atoms with Crippen LogP contribution in [0.2, 0.25) is 0 Å². The molecule has 1 aromatic carbocycles. The van der Waals surface area contributed by atoms with Gasteiger partial charge in [-0.25, -0.2) is 4.79 Å². The van der Waals surface area contributed by atoms with Gasteiger partial charge in [-0.2, -0.15) is 0 Å². The maximum Gasteiger partial charge on any atom is 0.336 e. The van der Waals surface area contributed by atoms with E-state index in [1.165, 1.54) is 6.07 Å². The quantitative estimate of drug-likeness (QED) is 0.469. The molecule has 0 heterocycles. The van der Waals surface area contributed by atoms with Crippen LogP contribution < -0.4 is 4.74 Å². The predicted molar refractivity (Wildman–Crippen MR) is 91.3 cm³/mol. The van der Waals surface area contributed by atoms with Crippen molar-refractivity contribution in [3.05, 3.63) is 28.8 Å². The number of esters is 1. The number of carbonyl (C=O) groups excluding carboxylic acids is 1. The van der Waals surface area contributed by atoms with E-state index in [-0.39, 0.29) is 11.5 Å². The zero-order chi connectivity index (χ0) is 18.3. The summed E-state index contributed by atoms with van der Waals surface area (Å²) < 4.78 is 10.9. The molecule has 0 atom stereocenters. The van der Waals surface area contributed by atoms with Crippen LogP contribution in [0.1, 0.15) is 61.5 Å². The molecule has 0 radical (unpaired) electrons. The molecule has 0 amide bonds. The summed E-state index contributed by atoms with van der Waals surface area (Å²) in [5.74, 6) is 1.72. The van der Waals surface area contributed by atoms with Crippen LogP contribution in [0.15, 0.2) is 12.1 Å². The molecule has 0 fully saturated rings. The van der Waals surface area contributed by atoms with Crippen LogP contribution in [0.3, 0.4) is 0 Å². The van der Waals surface area contributed by atoms with Gasteiger partial charge in [0.15, 0.2) is 0 Å². The van der Waals surface area contributed by atoms with Crippen molar-refractivity contribution in [2.75, 3.05) is 6.61 Å². The Kier molecular flexibility index (Phi) is 6.84. The highest BCUT2D eigenvalue weighted by Crippen LogP contribution is 2.25. The molecule has 0 saturated heterocycles. The van der Waals surface area contributed by atoms with Crippen molar-refractivity contribution in [2.45, 2.75) is 52.6 Å². The third kappa shape index (κ3) is 5.96. The van der Waals surface area contributed by atoms with Gasteiger partial charge in [0.1, 0.15) is 11.4 Å². The van der Waals surface area contributed by atoms with Crippen LogP contribution in [0.5, 0.6) is 5.75 Å². The fourth-order valence-electron chi connectivity index (χ4n) is 2.16. The highest BCUT2D eigenvalue weighted by atomic mass is 16.6. The van der Waals surface area contributed by atoms with E-state index in [1.807, 2.05) is 20.8 Å². The third-order valence-electron chi connectivity index (χ3n) is 3.25. The van der Waals surface area contributed by atoms with Gasteiger partial charge in [-0.05, 0) is 58.2 Å². The van der Waals surface area contributed by atoms with Crippen LogP contribution in [0, 0.1) is 19.3 Å². The van der Waals surface area contributed by atoms with E-state index in [9.17, 15) is 9.59 Å². The van der Waals surface area contributed by atoms with Crippen molar-refractivity contribution in [2.24, 2.45) is 0 Å². The van der Waals surface area contributed by atoms with Crippen molar-refractivity contribution in [1.29, 1.82) is 0 Å². The number of hydrogen-bond acceptors (Lipinski definition) is 4. The summed E-state index contributed by atoms with van der Waals surface area (Å²) in [7, 11) is 0. The van der Waals surface area contributed by atoms with Crippen molar-refractivity contribution >= 4 is 11.9 Å². The minimum absolute atomic E-state index is 0.167. The summed E-state index contributed by atoms with van der Waals surface area (Å²) in [6.45, 7) is 7.55. The minimum Gasteiger partial charge on any atom is -0.492 e. The first-order valence-electron chi connectivity index (χ1n) is 7.84. The number of carbonyl (C=O) groups is 2. The standard InChI is InChI=1S/C19H24O5/c1-6-14-13(2)15(18(21)22)10-11-16(14)23-12-8-7-9-17(20)24-19(3,4)5/h1,10-11H,7-9,12H2,2-5H3,(H,21,22). The highest BCUT2D eigenvalue weighted by molar-refractivity contribution is 5.90. The molecule has 24 heavy (non-hydrogen) atoms. The molecule has 5 heteroatoms. The van der Waals surface area contributed by atoms with E-state index in [0.717, 1.165) is 0 Å². The van der Waals surface area contributed by atoms with Crippen LogP contribution in [0.4, 0.5) is 0 Å². The second kappa shape index (κ2) is 8.39. The summed E-state index contributed by atoms with van der Waals surface area (Å²) in [4.78, 5) is 22.7. The largest absolute Gasteiger partial charge is 0.492 e. The van der Waals surface area contributed by atoms with Crippen molar-refractivity contribution in [1.82, 2.24) is 0 Å². The predicted octanol–water partition coefficient (Wildman–Crippen LogP) is 3.57. The van der Waals surface area contributed by atoms with E-state index in [1.54, 1.807) is 13.0 Å². The number of benzene rings is 1. The molecule has 1 N–H and O–H groups in total. The molecule has 0 unspecified atom stereocenters. The summed E-state index contributed by atoms with van der Waals surface area (Å²) >= 11 is 0. The van der Waals surface area contributed by atoms with Gasteiger partial charge in [-0.1, -0.05) is 5.92 Å². The van der Waals surface area contributed by atoms with Gasteiger partial charge in [0.05, 0.1) is 17.7 Å². The molecule has 0 aliphatic rings. The Labute approximate surface area is 143 Å². The molecule has 0 spiro atoms. The Bertz CT molecular complexity index is 647. The second-order valence-electron chi connectivity index (χ2n) is 6.45. The van der Waals surface area contributed by atoms with Gasteiger partial charge in [-0.15, -0.1) is 6.42 Å². The smallest absolute Gasteiger partial charge is 0.336 e. The number of carboxylic acids is 1. The van der Waals surface area contributed by atoms with E-state index in [4.69, 9.17) is 21.0 Å². The summed E-state index contributed by atoms with van der Waals surface area (Å²) in [6, 6.07) is 3.05. The van der Waals surface area contributed by atoms with Gasteiger partial charge in [0, 0.05) is 6.42 Å². The summed E-state index contributed by atoms with van der Waals surface area (Å²) in [5, 5.41) is 9.10. The fraction of sp³-hybridized carbons (Fsp3) is 0.474. The lowest BCUT2D eigenvalue weighted by atomic mass is 10.0. The van der Waals surface area contributed by atoms with Gasteiger partial charge < -0.3 is 14.6 Å². The average Bonchev–Trinajstić information content (AvgIpc) is 2.44. The SMILES string of the molecule is C#Cc1c(OCCCCC(=O)OC(C)(C)C)ccc(C(=O)O)c1C. The Balaban J connectivity index is 2.52. The maximum atomic E-state index is 11.6. The van der Waals surface area contributed by atoms with Crippen LogP contribution >= 0.6 is 0 Å². The lowest BCUT2D eigenvalue weighted by molar-refractivity contribution is -0.154. The van der Waals surface area contributed by atoms with Crippen LogP contribution in [-0.4, -0.2) is 29.3 Å². The first-order valence-corrected chi connectivity index (χ1v) is 7.84. The first kappa shape index (κ1) is 19.6. The molecule has 130 valence electrons. The van der Waals surface area contributed by atoms with Gasteiger partial charge in [-0.3, -0.25) is 4.79 Å².